The lowest BCUT2D eigenvalue weighted by Crippen LogP contribution is -2.41. The van der Waals surface area contributed by atoms with Crippen LogP contribution in [0.1, 0.15) is 10.4 Å². The van der Waals surface area contributed by atoms with Crippen molar-refractivity contribution in [1.29, 1.82) is 0 Å². The summed E-state index contributed by atoms with van der Waals surface area (Å²) >= 11 is 17.8. The van der Waals surface area contributed by atoms with Crippen molar-refractivity contribution < 1.29 is 19.1 Å². The molecule has 6 nitrogen and oxygen atoms in total. The van der Waals surface area contributed by atoms with Crippen molar-refractivity contribution in [2.45, 2.75) is 0 Å². The van der Waals surface area contributed by atoms with Gasteiger partial charge < -0.3 is 19.7 Å². The van der Waals surface area contributed by atoms with Crippen molar-refractivity contribution in [3.63, 3.8) is 0 Å². The average molecular weight is 492 g/mol. The molecule has 1 aliphatic rings. The van der Waals surface area contributed by atoms with E-state index in [0.29, 0.717) is 45.0 Å². The van der Waals surface area contributed by atoms with E-state index < -0.39 is 0 Å². The van der Waals surface area contributed by atoms with Crippen LogP contribution >= 0.6 is 34.8 Å². The summed E-state index contributed by atoms with van der Waals surface area (Å²) < 4.78 is 11.2. The van der Waals surface area contributed by atoms with Gasteiger partial charge >= 0.3 is 0 Å². The van der Waals surface area contributed by atoms with Crippen molar-refractivity contribution in [2.24, 2.45) is 0 Å². The number of carbonyl (C=O) groups excluding carboxylic acids is 2. The minimum Gasteiger partial charge on any atom is -0.492 e. The number of halogens is 3. The van der Waals surface area contributed by atoms with Crippen LogP contribution in [0.25, 0.3) is 0 Å². The van der Waals surface area contributed by atoms with Gasteiger partial charge in [-0.3, -0.25) is 9.59 Å². The molecule has 0 radical (unpaired) electrons. The largest absolute Gasteiger partial charge is 0.492 e. The van der Waals surface area contributed by atoms with Crippen molar-refractivity contribution >= 4 is 58.0 Å². The first-order valence-corrected chi connectivity index (χ1v) is 10.8. The summed E-state index contributed by atoms with van der Waals surface area (Å²) in [7, 11) is 0. The number of nitrogens with zero attached hydrogens (tertiary/aromatic N) is 1. The van der Waals surface area contributed by atoms with Crippen LogP contribution in [-0.4, -0.2) is 31.6 Å². The topological polar surface area (TPSA) is 67.9 Å². The highest BCUT2D eigenvalue weighted by molar-refractivity contribution is 6.42. The standard InChI is InChI=1S/C23H17Cl3N2O4/c24-15-2-5-17(6-3-15)31-10-9-28-20-12-16(4-8-21(20)32-13-22(28)29)27-23(30)14-1-7-18(25)19(26)11-14/h1-8,11-12H,9-10,13H2,(H,27,30). The van der Waals surface area contributed by atoms with Gasteiger partial charge in [0.15, 0.2) is 6.61 Å². The van der Waals surface area contributed by atoms with E-state index in [9.17, 15) is 9.59 Å². The molecule has 164 valence electrons. The number of anilines is 2. The van der Waals surface area contributed by atoms with Crippen molar-refractivity contribution in [1.82, 2.24) is 0 Å². The van der Waals surface area contributed by atoms with Gasteiger partial charge in [-0.2, -0.15) is 0 Å². The molecule has 0 bridgehead atoms. The molecule has 0 spiro atoms. The molecule has 9 heteroatoms. The van der Waals surface area contributed by atoms with Gasteiger partial charge in [0.1, 0.15) is 18.1 Å². The highest BCUT2D eigenvalue weighted by atomic mass is 35.5. The lowest BCUT2D eigenvalue weighted by atomic mass is 10.1. The Bertz CT molecular complexity index is 1170. The van der Waals surface area contributed by atoms with Gasteiger partial charge in [-0.15, -0.1) is 0 Å². The highest BCUT2D eigenvalue weighted by Crippen LogP contribution is 2.35. The van der Waals surface area contributed by atoms with E-state index in [1.54, 1.807) is 59.5 Å². The molecule has 1 aliphatic heterocycles. The number of fused-ring (bicyclic) bond motifs is 1. The molecule has 0 aliphatic carbocycles. The molecule has 2 amide bonds. The summed E-state index contributed by atoms with van der Waals surface area (Å²) in [5.41, 5.74) is 1.41. The highest BCUT2D eigenvalue weighted by Gasteiger charge is 2.26. The van der Waals surface area contributed by atoms with Gasteiger partial charge in [0, 0.05) is 16.3 Å². The molecular formula is C23H17Cl3N2O4. The summed E-state index contributed by atoms with van der Waals surface area (Å²) in [6.45, 7) is 0.512. The average Bonchev–Trinajstić information content (AvgIpc) is 2.78. The fourth-order valence-electron chi connectivity index (χ4n) is 3.15. The van der Waals surface area contributed by atoms with E-state index in [1.807, 2.05) is 0 Å². The number of hydrogen-bond donors (Lipinski definition) is 1. The van der Waals surface area contributed by atoms with Gasteiger partial charge in [0.25, 0.3) is 11.8 Å². The van der Waals surface area contributed by atoms with E-state index in [2.05, 4.69) is 5.32 Å². The molecule has 3 aromatic rings. The molecule has 0 unspecified atom stereocenters. The van der Waals surface area contributed by atoms with Crippen LogP contribution in [0, 0.1) is 0 Å². The number of hydrogen-bond acceptors (Lipinski definition) is 4. The maximum absolute atomic E-state index is 12.6. The first kappa shape index (κ1) is 22.3. The van der Waals surface area contributed by atoms with Gasteiger partial charge in [0.2, 0.25) is 0 Å². The Labute approximate surface area is 199 Å². The van der Waals surface area contributed by atoms with E-state index in [0.717, 1.165) is 0 Å². The van der Waals surface area contributed by atoms with Crippen LogP contribution in [-0.2, 0) is 4.79 Å². The summed E-state index contributed by atoms with van der Waals surface area (Å²) in [4.78, 5) is 26.6. The third-order valence-corrected chi connectivity index (χ3v) is 5.73. The number of carbonyl (C=O) groups is 2. The Balaban J connectivity index is 1.48. The normalized spacial score (nSPS) is 12.7. The van der Waals surface area contributed by atoms with Gasteiger partial charge in [-0.05, 0) is 60.7 Å². The SMILES string of the molecule is O=C(Nc1ccc2c(c1)N(CCOc1ccc(Cl)cc1)C(=O)CO2)c1ccc(Cl)c(Cl)c1. The third-order valence-electron chi connectivity index (χ3n) is 4.74. The van der Waals surface area contributed by atoms with Gasteiger partial charge in [-0.1, -0.05) is 34.8 Å². The number of rotatable bonds is 6. The van der Waals surface area contributed by atoms with Crippen molar-refractivity contribution in [3.8, 4) is 11.5 Å². The predicted molar refractivity (Wildman–Crippen MR) is 126 cm³/mol. The number of amides is 2. The summed E-state index contributed by atoms with van der Waals surface area (Å²) in [5.74, 6) is 0.635. The zero-order chi connectivity index (χ0) is 22.7. The third kappa shape index (κ3) is 5.10. The van der Waals surface area contributed by atoms with Crippen molar-refractivity contribution in [2.75, 3.05) is 30.0 Å². The molecule has 1 heterocycles. The Kier molecular flexibility index (Phi) is 6.74. The zero-order valence-electron chi connectivity index (χ0n) is 16.6. The molecular weight excluding hydrogens is 475 g/mol. The fourth-order valence-corrected chi connectivity index (χ4v) is 3.58. The minimum atomic E-state index is -0.357. The van der Waals surface area contributed by atoms with Crippen LogP contribution in [0.15, 0.2) is 60.7 Å². The van der Waals surface area contributed by atoms with Crippen LogP contribution in [0.3, 0.4) is 0 Å². The molecule has 32 heavy (non-hydrogen) atoms. The Morgan fingerprint density at radius 3 is 2.53 bits per heavy atom. The molecule has 0 fully saturated rings. The number of benzene rings is 3. The van der Waals surface area contributed by atoms with Crippen LogP contribution in [0.5, 0.6) is 11.5 Å². The lowest BCUT2D eigenvalue weighted by Gasteiger charge is -2.29. The minimum absolute atomic E-state index is 0.0665. The first-order valence-electron chi connectivity index (χ1n) is 9.63. The zero-order valence-corrected chi connectivity index (χ0v) is 18.9. The number of ether oxygens (including phenoxy) is 2. The second-order valence-corrected chi connectivity index (χ2v) is 8.15. The Morgan fingerprint density at radius 1 is 1.00 bits per heavy atom. The van der Waals surface area contributed by atoms with E-state index in [1.165, 1.54) is 6.07 Å². The van der Waals surface area contributed by atoms with E-state index in [-0.39, 0.29) is 30.1 Å². The summed E-state index contributed by atoms with van der Waals surface area (Å²) in [6.07, 6.45) is 0. The molecule has 4 rings (SSSR count). The molecule has 0 aromatic heterocycles. The van der Waals surface area contributed by atoms with Crippen molar-refractivity contribution in [3.05, 3.63) is 81.3 Å². The summed E-state index contributed by atoms with van der Waals surface area (Å²) in [5, 5.41) is 4.07. The molecule has 3 aromatic carbocycles. The second-order valence-electron chi connectivity index (χ2n) is 6.90. The predicted octanol–water partition coefficient (Wildman–Crippen LogP) is 5.70. The maximum atomic E-state index is 12.6. The van der Waals surface area contributed by atoms with Gasteiger partial charge in [-0.25, -0.2) is 0 Å². The Morgan fingerprint density at radius 2 is 1.78 bits per heavy atom. The van der Waals surface area contributed by atoms with Crippen LogP contribution in [0.4, 0.5) is 11.4 Å². The molecule has 1 N–H and O–H groups in total. The second kappa shape index (κ2) is 9.69. The van der Waals surface area contributed by atoms with Crippen LogP contribution in [0.2, 0.25) is 15.1 Å². The van der Waals surface area contributed by atoms with Gasteiger partial charge in [0.05, 0.1) is 22.3 Å². The lowest BCUT2D eigenvalue weighted by molar-refractivity contribution is -0.121. The summed E-state index contributed by atoms with van der Waals surface area (Å²) in [6, 6.07) is 16.7. The van der Waals surface area contributed by atoms with E-state index in [4.69, 9.17) is 44.3 Å². The number of nitrogens with one attached hydrogen (secondary N) is 1. The van der Waals surface area contributed by atoms with E-state index >= 15 is 0 Å². The first-order chi connectivity index (χ1) is 15.4. The molecule has 0 saturated carbocycles. The molecule has 0 saturated heterocycles. The smallest absolute Gasteiger partial charge is 0.265 e. The quantitative estimate of drug-likeness (QED) is 0.480. The molecule has 0 atom stereocenters. The van der Waals surface area contributed by atoms with Crippen LogP contribution < -0.4 is 19.7 Å². The monoisotopic (exact) mass is 490 g/mol. The fraction of sp³-hybridized carbons (Fsp3) is 0.130. The maximum Gasteiger partial charge on any atom is 0.265 e. The Hall–Kier alpha value is -2.93.